The number of anilines is 2. The zero-order chi connectivity index (χ0) is 16.8. The van der Waals surface area contributed by atoms with Crippen LogP contribution in [0.2, 0.25) is 0 Å². The Kier molecular flexibility index (Phi) is 5.97. The van der Waals surface area contributed by atoms with Gasteiger partial charge in [-0.3, -0.25) is 10.1 Å². The lowest BCUT2D eigenvalue weighted by molar-refractivity contribution is 0.102. The molecule has 0 aliphatic heterocycles. The predicted molar refractivity (Wildman–Crippen MR) is 92.2 cm³/mol. The molecule has 0 fully saturated rings. The van der Waals surface area contributed by atoms with Crippen LogP contribution in [0.15, 0.2) is 6.20 Å². The number of aryl methyl sites for hydroxylation is 2. The first-order valence-electron chi connectivity index (χ1n) is 7.66. The molecule has 8 heteroatoms. The van der Waals surface area contributed by atoms with Gasteiger partial charge in [0.25, 0.3) is 5.91 Å². The van der Waals surface area contributed by atoms with Gasteiger partial charge in [-0.15, -0.1) is 10.2 Å². The maximum absolute atomic E-state index is 12.3. The molecule has 0 aliphatic carbocycles. The van der Waals surface area contributed by atoms with E-state index in [-0.39, 0.29) is 5.91 Å². The minimum atomic E-state index is -0.260. The van der Waals surface area contributed by atoms with E-state index < -0.39 is 0 Å². The average Bonchev–Trinajstić information content (AvgIpc) is 2.94. The Hall–Kier alpha value is -2.09. The molecule has 0 atom stereocenters. The van der Waals surface area contributed by atoms with Gasteiger partial charge in [0.1, 0.15) is 5.01 Å². The van der Waals surface area contributed by atoms with Gasteiger partial charge in [-0.05, 0) is 13.3 Å². The summed E-state index contributed by atoms with van der Waals surface area (Å²) >= 11 is 1.42. The maximum Gasteiger partial charge on any atom is 0.260 e. The van der Waals surface area contributed by atoms with Crippen LogP contribution in [0.4, 0.5) is 11.1 Å². The number of amides is 1. The van der Waals surface area contributed by atoms with E-state index in [9.17, 15) is 4.79 Å². The summed E-state index contributed by atoms with van der Waals surface area (Å²) in [6.45, 7) is 3.96. The van der Waals surface area contributed by atoms with Crippen molar-refractivity contribution in [2.24, 2.45) is 0 Å². The van der Waals surface area contributed by atoms with E-state index in [4.69, 9.17) is 0 Å². The second-order valence-corrected chi connectivity index (χ2v) is 6.54. The van der Waals surface area contributed by atoms with E-state index in [1.807, 2.05) is 14.1 Å². The summed E-state index contributed by atoms with van der Waals surface area (Å²) in [4.78, 5) is 22.6. The molecule has 2 aromatic rings. The molecule has 2 heterocycles. The monoisotopic (exact) mass is 334 g/mol. The molecule has 0 bridgehead atoms. The molecule has 0 spiro atoms. The van der Waals surface area contributed by atoms with Crippen molar-refractivity contribution >= 4 is 28.3 Å². The third-order valence-electron chi connectivity index (χ3n) is 3.29. The Morgan fingerprint density at radius 1 is 1.30 bits per heavy atom. The van der Waals surface area contributed by atoms with Crippen LogP contribution in [0.3, 0.4) is 0 Å². The molecule has 0 saturated carbocycles. The average molecular weight is 334 g/mol. The highest BCUT2D eigenvalue weighted by molar-refractivity contribution is 7.15. The first kappa shape index (κ1) is 17.3. The maximum atomic E-state index is 12.3. The van der Waals surface area contributed by atoms with Crippen LogP contribution < -0.4 is 10.2 Å². The third-order valence-corrected chi connectivity index (χ3v) is 4.19. The van der Waals surface area contributed by atoms with Crippen molar-refractivity contribution in [2.45, 2.75) is 39.5 Å². The van der Waals surface area contributed by atoms with Crippen LogP contribution in [0.5, 0.6) is 0 Å². The Morgan fingerprint density at radius 3 is 2.74 bits per heavy atom. The summed E-state index contributed by atoms with van der Waals surface area (Å²) in [7, 11) is 3.71. The molecular weight excluding hydrogens is 312 g/mol. The van der Waals surface area contributed by atoms with Gasteiger partial charge in [0.2, 0.25) is 11.1 Å². The Bertz CT molecular complexity index is 670. The standard InChI is InChI=1S/C15H22N6OS/c1-5-6-7-8-12-19-20-15(23-12)18-13(22)11-9-16-14(21(3)4)17-10(11)2/h9H,5-8H2,1-4H3,(H,18,20,22). The van der Waals surface area contributed by atoms with Gasteiger partial charge < -0.3 is 4.90 Å². The highest BCUT2D eigenvalue weighted by atomic mass is 32.1. The predicted octanol–water partition coefficient (Wildman–Crippen LogP) is 2.69. The van der Waals surface area contributed by atoms with Crippen LogP contribution >= 0.6 is 11.3 Å². The van der Waals surface area contributed by atoms with Gasteiger partial charge >= 0.3 is 0 Å². The van der Waals surface area contributed by atoms with Crippen molar-refractivity contribution in [1.29, 1.82) is 0 Å². The molecule has 0 radical (unpaired) electrons. The topological polar surface area (TPSA) is 83.9 Å². The first-order chi connectivity index (χ1) is 11.0. The molecule has 0 unspecified atom stereocenters. The lowest BCUT2D eigenvalue weighted by Gasteiger charge is -2.11. The fourth-order valence-electron chi connectivity index (χ4n) is 1.99. The number of unbranched alkanes of at least 4 members (excludes halogenated alkanes) is 2. The van der Waals surface area contributed by atoms with Crippen molar-refractivity contribution in [3.63, 3.8) is 0 Å². The van der Waals surface area contributed by atoms with E-state index in [1.165, 1.54) is 30.4 Å². The molecule has 1 N–H and O–H groups in total. The Labute approximate surface area is 140 Å². The van der Waals surface area contributed by atoms with Gasteiger partial charge in [0.15, 0.2) is 0 Å². The van der Waals surface area contributed by atoms with Crippen LogP contribution in [-0.4, -0.2) is 40.2 Å². The molecule has 124 valence electrons. The van der Waals surface area contributed by atoms with Crippen LogP contribution in [0.1, 0.15) is 47.2 Å². The van der Waals surface area contributed by atoms with Gasteiger partial charge in [0.05, 0.1) is 11.3 Å². The number of nitrogens with one attached hydrogen (secondary N) is 1. The van der Waals surface area contributed by atoms with Gasteiger partial charge in [0, 0.05) is 26.7 Å². The highest BCUT2D eigenvalue weighted by Crippen LogP contribution is 2.19. The van der Waals surface area contributed by atoms with Crippen LogP contribution in [0.25, 0.3) is 0 Å². The first-order valence-corrected chi connectivity index (χ1v) is 8.47. The molecule has 1 amide bonds. The summed E-state index contributed by atoms with van der Waals surface area (Å²) in [6, 6.07) is 0. The van der Waals surface area contributed by atoms with Crippen LogP contribution in [0, 0.1) is 6.92 Å². The van der Waals surface area contributed by atoms with Gasteiger partial charge in [-0.2, -0.15) is 0 Å². The second-order valence-electron chi connectivity index (χ2n) is 5.48. The van der Waals surface area contributed by atoms with E-state index in [0.29, 0.717) is 22.3 Å². The largest absolute Gasteiger partial charge is 0.347 e. The number of nitrogens with zero attached hydrogens (tertiary/aromatic N) is 5. The zero-order valence-corrected chi connectivity index (χ0v) is 14.8. The summed E-state index contributed by atoms with van der Waals surface area (Å²) in [6.07, 6.45) is 5.88. The fourth-order valence-corrected chi connectivity index (χ4v) is 2.77. The summed E-state index contributed by atoms with van der Waals surface area (Å²) in [5, 5.41) is 12.4. The molecule has 0 aliphatic rings. The van der Waals surface area contributed by atoms with Crippen molar-refractivity contribution in [2.75, 3.05) is 24.3 Å². The van der Waals surface area contributed by atoms with Crippen molar-refractivity contribution in [3.8, 4) is 0 Å². The van der Waals surface area contributed by atoms with E-state index in [2.05, 4.69) is 32.4 Å². The zero-order valence-electron chi connectivity index (χ0n) is 14.0. The lowest BCUT2D eigenvalue weighted by atomic mass is 10.2. The number of carbonyl (C=O) groups is 1. The summed E-state index contributed by atoms with van der Waals surface area (Å²) < 4.78 is 0. The number of hydrogen-bond acceptors (Lipinski definition) is 7. The highest BCUT2D eigenvalue weighted by Gasteiger charge is 2.15. The van der Waals surface area contributed by atoms with Crippen molar-refractivity contribution in [1.82, 2.24) is 20.2 Å². The Morgan fingerprint density at radius 2 is 2.09 bits per heavy atom. The molecular formula is C15H22N6OS. The smallest absolute Gasteiger partial charge is 0.260 e. The molecule has 2 rings (SSSR count). The molecule has 23 heavy (non-hydrogen) atoms. The van der Waals surface area contributed by atoms with Gasteiger partial charge in [-0.25, -0.2) is 9.97 Å². The van der Waals surface area contributed by atoms with E-state index >= 15 is 0 Å². The third kappa shape index (κ3) is 4.69. The van der Waals surface area contributed by atoms with E-state index in [1.54, 1.807) is 11.8 Å². The lowest BCUT2D eigenvalue weighted by Crippen LogP contribution is -2.18. The molecule has 7 nitrogen and oxygen atoms in total. The second kappa shape index (κ2) is 7.96. The van der Waals surface area contributed by atoms with Crippen molar-refractivity contribution < 1.29 is 4.79 Å². The van der Waals surface area contributed by atoms with Crippen molar-refractivity contribution in [3.05, 3.63) is 22.5 Å². The van der Waals surface area contributed by atoms with E-state index in [0.717, 1.165) is 17.8 Å². The number of hydrogen-bond donors (Lipinski definition) is 1. The molecule has 0 saturated heterocycles. The minimum absolute atomic E-state index is 0.260. The quantitative estimate of drug-likeness (QED) is 0.784. The Balaban J connectivity index is 2.02. The van der Waals surface area contributed by atoms with Gasteiger partial charge in [-0.1, -0.05) is 31.1 Å². The fraction of sp³-hybridized carbons (Fsp3) is 0.533. The van der Waals surface area contributed by atoms with Crippen LogP contribution in [-0.2, 0) is 6.42 Å². The number of carbonyl (C=O) groups excluding carboxylic acids is 1. The molecule has 2 aromatic heterocycles. The number of rotatable bonds is 7. The number of aromatic nitrogens is 4. The summed E-state index contributed by atoms with van der Waals surface area (Å²) in [5.74, 6) is 0.317. The molecule has 0 aromatic carbocycles. The summed E-state index contributed by atoms with van der Waals surface area (Å²) in [5.41, 5.74) is 1.08. The minimum Gasteiger partial charge on any atom is -0.347 e. The normalized spacial score (nSPS) is 10.6. The SMILES string of the molecule is CCCCCc1nnc(NC(=O)c2cnc(N(C)C)nc2C)s1.